The molecule has 0 spiro atoms. The molecule has 2 amide bonds. The highest BCUT2D eigenvalue weighted by Gasteiger charge is 2.46. The number of rotatable bonds is 5. The van der Waals surface area contributed by atoms with Gasteiger partial charge in [-0.25, -0.2) is 4.79 Å². The molecule has 0 aromatic rings. The molecule has 1 atom stereocenters. The van der Waals surface area contributed by atoms with Crippen LogP contribution < -0.4 is 5.32 Å². The third-order valence-corrected chi connectivity index (χ3v) is 3.73. The van der Waals surface area contributed by atoms with Gasteiger partial charge in [0.15, 0.2) is 0 Å². The van der Waals surface area contributed by atoms with Crippen molar-refractivity contribution in [1.82, 2.24) is 15.1 Å². The molecule has 1 N–H and O–H groups in total. The largest absolute Gasteiger partial charge is 0.408 e. The third-order valence-electron chi connectivity index (χ3n) is 3.73. The van der Waals surface area contributed by atoms with E-state index in [-0.39, 0.29) is 0 Å². The van der Waals surface area contributed by atoms with Crippen molar-refractivity contribution in [2.75, 3.05) is 34.2 Å². The topological polar surface area (TPSA) is 35.6 Å². The molecule has 0 heterocycles. The Morgan fingerprint density at radius 2 is 1.75 bits per heavy atom. The molecule has 0 aromatic heterocycles. The van der Waals surface area contributed by atoms with E-state index in [2.05, 4.69) is 5.32 Å². The van der Waals surface area contributed by atoms with Crippen molar-refractivity contribution in [2.24, 2.45) is 5.92 Å². The van der Waals surface area contributed by atoms with Gasteiger partial charge in [0.2, 0.25) is 0 Å². The number of halogens is 3. The number of nitrogens with one attached hydrogen (secondary N) is 1. The van der Waals surface area contributed by atoms with Crippen LogP contribution in [0, 0.1) is 5.92 Å². The smallest absolute Gasteiger partial charge is 0.327 e. The molecule has 0 saturated heterocycles. The van der Waals surface area contributed by atoms with Gasteiger partial charge in [0, 0.05) is 20.1 Å². The second kappa shape index (κ2) is 7.15. The second-order valence-corrected chi connectivity index (χ2v) is 5.74. The minimum Gasteiger partial charge on any atom is -0.327 e. The molecule has 7 heteroatoms. The Morgan fingerprint density at radius 3 is 2.20 bits per heavy atom. The maximum atomic E-state index is 13.1. The molecule has 0 aromatic carbocycles. The van der Waals surface area contributed by atoms with Gasteiger partial charge < -0.3 is 15.1 Å². The fourth-order valence-electron chi connectivity index (χ4n) is 2.45. The summed E-state index contributed by atoms with van der Waals surface area (Å²) in [6.07, 6.45) is -1.70. The molecule has 1 saturated carbocycles. The van der Waals surface area contributed by atoms with E-state index in [9.17, 15) is 18.0 Å². The Bertz CT molecular complexity index is 314. The molecular weight excluding hydrogens is 271 g/mol. The lowest BCUT2D eigenvalue weighted by Gasteiger charge is -2.29. The fourth-order valence-corrected chi connectivity index (χ4v) is 2.45. The molecule has 1 fully saturated rings. The summed E-state index contributed by atoms with van der Waals surface area (Å²) >= 11 is 0. The Labute approximate surface area is 118 Å². The lowest BCUT2D eigenvalue weighted by atomic mass is 9.98. The molecular formula is C13H24F3N3O. The molecule has 1 rings (SSSR count). The van der Waals surface area contributed by atoms with Crippen molar-refractivity contribution in [3.05, 3.63) is 0 Å². The van der Waals surface area contributed by atoms with Gasteiger partial charge >= 0.3 is 12.2 Å². The number of nitrogens with zero attached hydrogens (tertiary/aromatic N) is 2. The van der Waals surface area contributed by atoms with Gasteiger partial charge in [0.25, 0.3) is 0 Å². The summed E-state index contributed by atoms with van der Waals surface area (Å²) < 4.78 is 39.2. The van der Waals surface area contributed by atoms with Crippen LogP contribution >= 0.6 is 0 Å². The summed E-state index contributed by atoms with van der Waals surface area (Å²) in [6.45, 7) is 1.01. The molecule has 4 nitrogen and oxygen atoms in total. The number of likely N-dealkylation sites (N-methyl/N-ethyl adjacent to an activating group) is 2. The number of hydrogen-bond donors (Lipinski definition) is 1. The normalized spacial score (nSPS) is 18.4. The number of carbonyl (C=O) groups is 1. The summed E-state index contributed by atoms with van der Waals surface area (Å²) in [5, 5.41) is 2.17. The van der Waals surface area contributed by atoms with Gasteiger partial charge in [-0.15, -0.1) is 0 Å². The molecule has 118 valence electrons. The van der Waals surface area contributed by atoms with Crippen LogP contribution in [-0.2, 0) is 0 Å². The minimum absolute atomic E-state index is 0.397. The summed E-state index contributed by atoms with van der Waals surface area (Å²) in [5.74, 6) is -0.485. The zero-order valence-electron chi connectivity index (χ0n) is 12.3. The van der Waals surface area contributed by atoms with E-state index < -0.39 is 24.2 Å². The van der Waals surface area contributed by atoms with Crippen LogP contribution in [0.3, 0.4) is 0 Å². The van der Waals surface area contributed by atoms with Crippen molar-refractivity contribution in [1.29, 1.82) is 0 Å². The minimum atomic E-state index is -4.38. The summed E-state index contributed by atoms with van der Waals surface area (Å²) in [6, 6.07) is -2.37. The summed E-state index contributed by atoms with van der Waals surface area (Å²) in [4.78, 5) is 15.0. The molecule has 1 aliphatic rings. The first-order valence-electron chi connectivity index (χ1n) is 6.95. The average Bonchev–Trinajstić information content (AvgIpc) is 2.84. The van der Waals surface area contributed by atoms with Crippen LogP contribution in [0.4, 0.5) is 18.0 Å². The highest BCUT2D eigenvalue weighted by Crippen LogP contribution is 2.35. The zero-order chi connectivity index (χ0) is 15.3. The quantitative estimate of drug-likeness (QED) is 0.845. The van der Waals surface area contributed by atoms with Crippen molar-refractivity contribution in [2.45, 2.75) is 37.9 Å². The van der Waals surface area contributed by atoms with Crippen LogP contribution in [0.1, 0.15) is 25.7 Å². The van der Waals surface area contributed by atoms with Crippen LogP contribution in [0.2, 0.25) is 0 Å². The molecule has 0 aliphatic heterocycles. The van der Waals surface area contributed by atoms with Crippen LogP contribution in [-0.4, -0.2) is 62.3 Å². The Hall–Kier alpha value is -0.980. The van der Waals surface area contributed by atoms with Gasteiger partial charge in [-0.3, -0.25) is 0 Å². The predicted molar refractivity (Wildman–Crippen MR) is 71.5 cm³/mol. The highest BCUT2D eigenvalue weighted by atomic mass is 19.4. The first-order chi connectivity index (χ1) is 9.21. The number of hydrogen-bond acceptors (Lipinski definition) is 2. The van der Waals surface area contributed by atoms with Gasteiger partial charge in [-0.2, -0.15) is 13.2 Å². The van der Waals surface area contributed by atoms with Gasteiger partial charge in [0.05, 0.1) is 0 Å². The number of amides is 2. The molecule has 20 heavy (non-hydrogen) atoms. The van der Waals surface area contributed by atoms with Crippen LogP contribution in [0.5, 0.6) is 0 Å². The van der Waals surface area contributed by atoms with Crippen molar-refractivity contribution in [3.63, 3.8) is 0 Å². The summed E-state index contributed by atoms with van der Waals surface area (Å²) in [5.41, 5.74) is 0. The van der Waals surface area contributed by atoms with Gasteiger partial charge in [0.1, 0.15) is 6.04 Å². The van der Waals surface area contributed by atoms with Crippen LogP contribution in [0.15, 0.2) is 0 Å². The van der Waals surface area contributed by atoms with Crippen molar-refractivity contribution < 1.29 is 18.0 Å². The summed E-state index contributed by atoms with van der Waals surface area (Å²) in [7, 11) is 5.21. The first kappa shape index (κ1) is 17.1. The Kier molecular flexibility index (Phi) is 6.10. The van der Waals surface area contributed by atoms with E-state index in [1.807, 2.05) is 19.0 Å². The molecule has 1 aliphatic carbocycles. The highest BCUT2D eigenvalue weighted by molar-refractivity contribution is 5.74. The lowest BCUT2D eigenvalue weighted by molar-refractivity contribution is -0.165. The monoisotopic (exact) mass is 295 g/mol. The maximum absolute atomic E-state index is 13.1. The predicted octanol–water partition coefficient (Wildman–Crippen LogP) is 2.31. The van der Waals surface area contributed by atoms with Gasteiger partial charge in [-0.05, 0) is 32.9 Å². The standard InChI is InChI=1S/C13H24F3N3O/c1-18(2)8-9-19(3)12(20)17-11(13(14,15)16)10-6-4-5-7-10/h10-11H,4-9H2,1-3H3,(H,17,20)/t11-/m0/s1. The van der Waals surface area contributed by atoms with E-state index in [1.165, 1.54) is 11.9 Å². The fraction of sp³-hybridized carbons (Fsp3) is 0.923. The lowest BCUT2D eigenvalue weighted by Crippen LogP contribution is -2.53. The van der Waals surface area contributed by atoms with E-state index in [4.69, 9.17) is 0 Å². The van der Waals surface area contributed by atoms with E-state index in [0.717, 1.165) is 12.8 Å². The number of carbonyl (C=O) groups excluding carboxylic acids is 1. The SMILES string of the molecule is CN(C)CCN(C)C(=O)N[C@@H](C1CCCC1)C(F)(F)F. The van der Waals surface area contributed by atoms with E-state index in [1.54, 1.807) is 0 Å². The van der Waals surface area contributed by atoms with E-state index in [0.29, 0.717) is 25.9 Å². The Morgan fingerprint density at radius 1 is 1.20 bits per heavy atom. The van der Waals surface area contributed by atoms with Crippen molar-refractivity contribution in [3.8, 4) is 0 Å². The third kappa shape index (κ3) is 5.19. The molecule has 0 bridgehead atoms. The average molecular weight is 295 g/mol. The number of urea groups is 1. The number of alkyl halides is 3. The second-order valence-electron chi connectivity index (χ2n) is 5.74. The van der Waals surface area contributed by atoms with Gasteiger partial charge in [-0.1, -0.05) is 12.8 Å². The van der Waals surface area contributed by atoms with Crippen molar-refractivity contribution >= 4 is 6.03 Å². The molecule has 0 radical (unpaired) electrons. The van der Waals surface area contributed by atoms with E-state index >= 15 is 0 Å². The first-order valence-corrected chi connectivity index (χ1v) is 6.95. The molecule has 0 unspecified atom stereocenters. The Balaban J connectivity index is 2.58. The maximum Gasteiger partial charge on any atom is 0.408 e. The van der Waals surface area contributed by atoms with Crippen LogP contribution in [0.25, 0.3) is 0 Å². The zero-order valence-corrected chi connectivity index (χ0v) is 12.3.